The number of carbonyl (C=O) groups is 2. The first-order valence-corrected chi connectivity index (χ1v) is 24.5. The van der Waals surface area contributed by atoms with Gasteiger partial charge < -0.3 is 14.2 Å². The number of unbranched alkanes of at least 4 members (excludes halogenated alkanes) is 28. The molecule has 0 spiro atoms. The quantitative estimate of drug-likeness (QED) is 0.0349. The molecule has 0 aromatic heterocycles. The second-order valence-electron chi connectivity index (χ2n) is 16.4. The van der Waals surface area contributed by atoms with Crippen LogP contribution in [0.5, 0.6) is 0 Å². The molecule has 1 atom stereocenters. The van der Waals surface area contributed by atoms with Crippen LogP contribution in [0.2, 0.25) is 0 Å². The second kappa shape index (κ2) is 47.5. The van der Waals surface area contributed by atoms with E-state index in [1.807, 2.05) is 0 Å². The highest BCUT2D eigenvalue weighted by Gasteiger charge is 2.17. The first-order valence-electron chi connectivity index (χ1n) is 24.5. The first-order chi connectivity index (χ1) is 27.6. The minimum absolute atomic E-state index is 0.0824. The highest BCUT2D eigenvalue weighted by molar-refractivity contribution is 5.70. The zero-order valence-electron chi connectivity index (χ0n) is 37.7. The lowest BCUT2D eigenvalue weighted by Gasteiger charge is -2.18. The number of esters is 2. The number of hydrogen-bond acceptors (Lipinski definition) is 5. The van der Waals surface area contributed by atoms with Gasteiger partial charge in [0, 0.05) is 19.4 Å². The van der Waals surface area contributed by atoms with E-state index in [0.29, 0.717) is 19.4 Å². The highest BCUT2D eigenvalue weighted by Crippen LogP contribution is 2.14. The molecular formula is C51H94O5. The van der Waals surface area contributed by atoms with Crippen LogP contribution in [0.3, 0.4) is 0 Å². The van der Waals surface area contributed by atoms with Crippen molar-refractivity contribution < 1.29 is 23.8 Å². The third-order valence-corrected chi connectivity index (χ3v) is 10.6. The van der Waals surface area contributed by atoms with Gasteiger partial charge in [0.2, 0.25) is 0 Å². The summed E-state index contributed by atoms with van der Waals surface area (Å²) in [7, 11) is 0. The summed E-state index contributed by atoms with van der Waals surface area (Å²) >= 11 is 0. The van der Waals surface area contributed by atoms with Gasteiger partial charge in [-0.05, 0) is 77.0 Å². The topological polar surface area (TPSA) is 61.8 Å². The van der Waals surface area contributed by atoms with Crippen molar-refractivity contribution in [2.75, 3.05) is 19.8 Å². The molecule has 0 bridgehead atoms. The molecule has 0 rings (SSSR count). The minimum Gasteiger partial charge on any atom is -0.462 e. The van der Waals surface area contributed by atoms with Gasteiger partial charge in [-0.15, -0.1) is 0 Å². The Morgan fingerprint density at radius 2 is 0.750 bits per heavy atom. The summed E-state index contributed by atoms with van der Waals surface area (Å²) in [4.78, 5) is 25.2. The average molecular weight is 787 g/mol. The van der Waals surface area contributed by atoms with Crippen LogP contribution < -0.4 is 0 Å². The van der Waals surface area contributed by atoms with Gasteiger partial charge in [-0.3, -0.25) is 9.59 Å². The molecule has 0 amide bonds. The van der Waals surface area contributed by atoms with Gasteiger partial charge in [0.1, 0.15) is 6.61 Å². The van der Waals surface area contributed by atoms with E-state index >= 15 is 0 Å². The molecule has 0 saturated carbocycles. The van der Waals surface area contributed by atoms with Gasteiger partial charge in [0.15, 0.2) is 6.10 Å². The standard InChI is InChI=1S/C51H94O5/c1-4-7-10-13-16-19-21-23-24-25-26-27-29-31-34-37-40-43-46-54-47-49(56-51(53)45-42-39-36-32-18-15-12-9-6-3)48-55-50(52)44-41-38-35-33-30-28-22-20-17-14-11-8-5-2/h16,19-20,22-24,49H,4-15,17-18,21,25-48H2,1-3H3/b19-16-,22-20-,24-23-. The lowest BCUT2D eigenvalue weighted by molar-refractivity contribution is -0.163. The molecule has 0 aliphatic rings. The van der Waals surface area contributed by atoms with E-state index < -0.39 is 6.10 Å². The Morgan fingerprint density at radius 3 is 1.25 bits per heavy atom. The van der Waals surface area contributed by atoms with Crippen LogP contribution in [0.4, 0.5) is 0 Å². The third kappa shape index (κ3) is 44.8. The Labute approximate surface area is 349 Å². The van der Waals surface area contributed by atoms with Crippen LogP contribution >= 0.6 is 0 Å². The Balaban J connectivity index is 4.19. The monoisotopic (exact) mass is 787 g/mol. The fraction of sp³-hybridized carbons (Fsp3) is 0.843. The number of rotatable bonds is 45. The van der Waals surface area contributed by atoms with E-state index in [4.69, 9.17) is 14.2 Å². The molecule has 0 aliphatic carbocycles. The smallest absolute Gasteiger partial charge is 0.306 e. The summed E-state index contributed by atoms with van der Waals surface area (Å²) in [5.74, 6) is -0.404. The van der Waals surface area contributed by atoms with Crippen molar-refractivity contribution in [3.05, 3.63) is 36.5 Å². The summed E-state index contributed by atoms with van der Waals surface area (Å²) in [6.07, 6.45) is 55.7. The molecule has 5 nitrogen and oxygen atoms in total. The molecular weight excluding hydrogens is 693 g/mol. The number of ether oxygens (including phenoxy) is 3. The van der Waals surface area contributed by atoms with Crippen molar-refractivity contribution in [1.82, 2.24) is 0 Å². The van der Waals surface area contributed by atoms with E-state index in [0.717, 1.165) is 57.8 Å². The Morgan fingerprint density at radius 1 is 0.393 bits per heavy atom. The summed E-state index contributed by atoms with van der Waals surface area (Å²) in [6, 6.07) is 0. The van der Waals surface area contributed by atoms with Crippen LogP contribution in [0.25, 0.3) is 0 Å². The largest absolute Gasteiger partial charge is 0.462 e. The van der Waals surface area contributed by atoms with Crippen molar-refractivity contribution in [1.29, 1.82) is 0 Å². The van der Waals surface area contributed by atoms with E-state index in [1.54, 1.807) is 0 Å². The predicted octanol–water partition coefficient (Wildman–Crippen LogP) is 16.2. The fourth-order valence-electron chi connectivity index (χ4n) is 6.95. The maximum atomic E-state index is 12.7. The van der Waals surface area contributed by atoms with Crippen molar-refractivity contribution in [2.24, 2.45) is 0 Å². The van der Waals surface area contributed by atoms with Crippen LogP contribution in [-0.2, 0) is 23.8 Å². The van der Waals surface area contributed by atoms with Gasteiger partial charge in [0.25, 0.3) is 0 Å². The average Bonchev–Trinajstić information content (AvgIpc) is 3.20. The Hall–Kier alpha value is -1.88. The third-order valence-electron chi connectivity index (χ3n) is 10.6. The Bertz CT molecular complexity index is 893. The van der Waals surface area contributed by atoms with E-state index in [1.165, 1.54) is 161 Å². The fourth-order valence-corrected chi connectivity index (χ4v) is 6.95. The molecule has 0 heterocycles. The molecule has 56 heavy (non-hydrogen) atoms. The molecule has 0 aromatic carbocycles. The molecule has 0 saturated heterocycles. The van der Waals surface area contributed by atoms with Crippen molar-refractivity contribution in [2.45, 2.75) is 258 Å². The van der Waals surface area contributed by atoms with Crippen LogP contribution in [0.15, 0.2) is 36.5 Å². The molecule has 328 valence electrons. The SMILES string of the molecule is CCCCC/C=C\C/C=C\CCCCCCCCCCOCC(COC(=O)CCCCCCC/C=C\CCCCCC)OC(=O)CCCCCCCCCCC. The number of hydrogen-bond donors (Lipinski definition) is 0. The summed E-state index contributed by atoms with van der Waals surface area (Å²) < 4.78 is 17.3. The van der Waals surface area contributed by atoms with Crippen LogP contribution in [0, 0.1) is 0 Å². The normalized spacial score (nSPS) is 12.4. The first kappa shape index (κ1) is 54.1. The zero-order valence-corrected chi connectivity index (χ0v) is 37.7. The van der Waals surface area contributed by atoms with E-state index in [-0.39, 0.29) is 25.2 Å². The molecule has 0 fully saturated rings. The van der Waals surface area contributed by atoms with Gasteiger partial charge in [-0.2, -0.15) is 0 Å². The summed E-state index contributed by atoms with van der Waals surface area (Å²) in [5, 5.41) is 0. The molecule has 0 N–H and O–H groups in total. The number of allylic oxidation sites excluding steroid dienone is 6. The maximum Gasteiger partial charge on any atom is 0.306 e. The van der Waals surface area contributed by atoms with E-state index in [9.17, 15) is 9.59 Å². The molecule has 0 aromatic rings. The van der Waals surface area contributed by atoms with Crippen molar-refractivity contribution >= 4 is 11.9 Å². The molecule has 1 unspecified atom stereocenters. The van der Waals surface area contributed by atoms with E-state index in [2.05, 4.69) is 57.2 Å². The van der Waals surface area contributed by atoms with Gasteiger partial charge in [-0.25, -0.2) is 0 Å². The number of carbonyl (C=O) groups excluding carboxylic acids is 2. The predicted molar refractivity (Wildman–Crippen MR) is 242 cm³/mol. The summed E-state index contributed by atoms with van der Waals surface area (Å²) in [5.41, 5.74) is 0. The summed E-state index contributed by atoms with van der Waals surface area (Å²) in [6.45, 7) is 7.78. The minimum atomic E-state index is -0.536. The maximum absolute atomic E-state index is 12.7. The zero-order chi connectivity index (χ0) is 40.7. The Kier molecular flexibility index (Phi) is 45.9. The molecule has 0 radical (unpaired) electrons. The van der Waals surface area contributed by atoms with Crippen LogP contribution in [-0.4, -0.2) is 37.9 Å². The lowest BCUT2D eigenvalue weighted by Crippen LogP contribution is -2.30. The molecule has 5 heteroatoms. The second-order valence-corrected chi connectivity index (χ2v) is 16.4. The van der Waals surface area contributed by atoms with Crippen molar-refractivity contribution in [3.63, 3.8) is 0 Å². The van der Waals surface area contributed by atoms with Gasteiger partial charge in [0.05, 0.1) is 6.61 Å². The molecule has 0 aliphatic heterocycles. The lowest BCUT2D eigenvalue weighted by atomic mass is 10.1. The van der Waals surface area contributed by atoms with Crippen LogP contribution in [0.1, 0.15) is 252 Å². The van der Waals surface area contributed by atoms with Gasteiger partial charge >= 0.3 is 11.9 Å². The highest BCUT2D eigenvalue weighted by atomic mass is 16.6. The van der Waals surface area contributed by atoms with Crippen molar-refractivity contribution in [3.8, 4) is 0 Å². The van der Waals surface area contributed by atoms with Gasteiger partial charge in [-0.1, -0.05) is 198 Å².